The van der Waals surface area contributed by atoms with E-state index in [1.807, 2.05) is 12.4 Å². The van der Waals surface area contributed by atoms with E-state index in [1.165, 1.54) is 43.7 Å². The first-order valence-corrected chi connectivity index (χ1v) is 9.78. The number of hydrogen-bond donors (Lipinski definition) is 0. The third-order valence-electron chi connectivity index (χ3n) is 5.91. The number of aryl methyl sites for hydroxylation is 2. The van der Waals surface area contributed by atoms with Gasteiger partial charge in [0, 0.05) is 60.2 Å². The number of ether oxygens (including phenoxy) is 1. The molecule has 4 heteroatoms. The summed E-state index contributed by atoms with van der Waals surface area (Å²) >= 11 is 0. The zero-order valence-electron chi connectivity index (χ0n) is 16.0. The van der Waals surface area contributed by atoms with Crippen molar-refractivity contribution in [2.75, 3.05) is 32.8 Å². The number of rotatable bonds is 3. The molecule has 4 nitrogen and oxygen atoms in total. The Morgan fingerprint density at radius 1 is 0.963 bits per heavy atom. The summed E-state index contributed by atoms with van der Waals surface area (Å²) < 4.78 is 8.03. The molecule has 1 saturated heterocycles. The highest BCUT2D eigenvalue weighted by atomic mass is 16.5. The van der Waals surface area contributed by atoms with Gasteiger partial charge in [0.25, 0.3) is 0 Å². The molecule has 138 valence electrons. The molecule has 0 N–H and O–H groups in total. The Balaban J connectivity index is 1.72. The predicted octanol–water partition coefficient (Wildman–Crippen LogP) is 4.29. The average Bonchev–Trinajstić information content (AvgIpc) is 3.00. The quantitative estimate of drug-likeness (QED) is 0.547. The highest BCUT2D eigenvalue weighted by Gasteiger charge is 2.17. The van der Waals surface area contributed by atoms with E-state index in [4.69, 9.17) is 4.74 Å². The number of hydrogen-bond acceptors (Lipinski definition) is 3. The third-order valence-corrected chi connectivity index (χ3v) is 5.91. The lowest BCUT2D eigenvalue weighted by molar-refractivity contribution is 0.0366. The van der Waals surface area contributed by atoms with Crippen LogP contribution < -0.4 is 0 Å². The van der Waals surface area contributed by atoms with Crippen molar-refractivity contribution in [3.05, 3.63) is 53.9 Å². The molecule has 4 aromatic rings. The number of benzene rings is 2. The first-order valence-electron chi connectivity index (χ1n) is 9.78. The second-order valence-electron chi connectivity index (χ2n) is 7.62. The van der Waals surface area contributed by atoms with Crippen LogP contribution in [0.15, 0.2) is 42.7 Å². The fourth-order valence-corrected chi connectivity index (χ4v) is 4.49. The summed E-state index contributed by atoms with van der Waals surface area (Å²) in [6.07, 6.45) is 3.88. The van der Waals surface area contributed by atoms with E-state index in [1.54, 1.807) is 0 Å². The van der Waals surface area contributed by atoms with E-state index < -0.39 is 0 Å². The van der Waals surface area contributed by atoms with Crippen molar-refractivity contribution in [2.45, 2.75) is 20.4 Å². The molecule has 1 aliphatic heterocycles. The van der Waals surface area contributed by atoms with Crippen molar-refractivity contribution in [1.82, 2.24) is 14.5 Å². The Bertz CT molecular complexity index is 1140. The fourth-order valence-electron chi connectivity index (χ4n) is 4.49. The summed E-state index contributed by atoms with van der Waals surface area (Å²) in [5.74, 6) is 0. The van der Waals surface area contributed by atoms with Crippen LogP contribution in [0.3, 0.4) is 0 Å². The number of nitrogens with zero attached hydrogens (tertiary/aromatic N) is 3. The van der Waals surface area contributed by atoms with Gasteiger partial charge in [-0.2, -0.15) is 0 Å². The highest BCUT2D eigenvalue weighted by Crippen LogP contribution is 2.35. The fraction of sp³-hybridized carbons (Fsp3) is 0.348. The summed E-state index contributed by atoms with van der Waals surface area (Å²) in [7, 11) is 0. The van der Waals surface area contributed by atoms with Gasteiger partial charge in [0.15, 0.2) is 0 Å². The van der Waals surface area contributed by atoms with Gasteiger partial charge < -0.3 is 9.30 Å². The Morgan fingerprint density at radius 3 is 2.67 bits per heavy atom. The molecule has 0 radical (unpaired) electrons. The number of pyridine rings is 1. The molecule has 0 saturated carbocycles. The summed E-state index contributed by atoms with van der Waals surface area (Å²) in [5.41, 5.74) is 5.34. The topological polar surface area (TPSA) is 30.3 Å². The maximum absolute atomic E-state index is 5.50. The van der Waals surface area contributed by atoms with Crippen molar-refractivity contribution in [1.29, 1.82) is 0 Å². The minimum Gasteiger partial charge on any atom is -0.379 e. The number of fused-ring (bicyclic) bond motifs is 4. The summed E-state index contributed by atoms with van der Waals surface area (Å²) in [6.45, 7) is 10.2. The lowest BCUT2D eigenvalue weighted by Gasteiger charge is -2.27. The van der Waals surface area contributed by atoms with Crippen LogP contribution in [0.2, 0.25) is 0 Å². The Kier molecular flexibility index (Phi) is 4.10. The van der Waals surface area contributed by atoms with E-state index in [2.05, 4.69) is 58.6 Å². The van der Waals surface area contributed by atoms with Gasteiger partial charge in [0.05, 0.1) is 18.7 Å². The summed E-state index contributed by atoms with van der Waals surface area (Å²) in [6, 6.07) is 11.3. The van der Waals surface area contributed by atoms with Crippen molar-refractivity contribution >= 4 is 32.6 Å². The van der Waals surface area contributed by atoms with Crippen molar-refractivity contribution in [3.63, 3.8) is 0 Å². The van der Waals surface area contributed by atoms with Crippen molar-refractivity contribution < 1.29 is 4.74 Å². The van der Waals surface area contributed by atoms with Crippen LogP contribution in [0.25, 0.3) is 32.6 Å². The molecule has 1 aliphatic rings. The molecule has 0 aliphatic carbocycles. The maximum atomic E-state index is 5.50. The van der Waals surface area contributed by atoms with Gasteiger partial charge in [-0.1, -0.05) is 11.6 Å². The van der Waals surface area contributed by atoms with Crippen LogP contribution in [0.1, 0.15) is 11.1 Å². The van der Waals surface area contributed by atoms with Crippen molar-refractivity contribution in [2.24, 2.45) is 0 Å². The van der Waals surface area contributed by atoms with Crippen LogP contribution in [-0.4, -0.2) is 47.3 Å². The van der Waals surface area contributed by atoms with Crippen molar-refractivity contribution in [3.8, 4) is 0 Å². The van der Waals surface area contributed by atoms with Gasteiger partial charge >= 0.3 is 0 Å². The lowest BCUT2D eigenvalue weighted by Crippen LogP contribution is -2.38. The molecule has 3 heterocycles. The van der Waals surface area contributed by atoms with Gasteiger partial charge in [0.2, 0.25) is 0 Å². The molecule has 0 bridgehead atoms. The second kappa shape index (κ2) is 6.63. The first kappa shape index (κ1) is 16.7. The monoisotopic (exact) mass is 359 g/mol. The van der Waals surface area contributed by atoms with Crippen LogP contribution in [0, 0.1) is 13.8 Å². The number of morpholine rings is 1. The van der Waals surface area contributed by atoms with Gasteiger partial charge in [-0.15, -0.1) is 0 Å². The van der Waals surface area contributed by atoms with E-state index in [0.717, 1.165) is 39.4 Å². The normalized spacial score (nSPS) is 15.9. The zero-order chi connectivity index (χ0) is 18.4. The van der Waals surface area contributed by atoms with E-state index in [0.29, 0.717) is 0 Å². The van der Waals surface area contributed by atoms with Crippen LogP contribution >= 0.6 is 0 Å². The van der Waals surface area contributed by atoms with Crippen LogP contribution in [-0.2, 0) is 11.3 Å². The van der Waals surface area contributed by atoms with Gasteiger partial charge in [-0.25, -0.2) is 0 Å². The summed E-state index contributed by atoms with van der Waals surface area (Å²) in [4.78, 5) is 6.85. The molecule has 0 unspecified atom stereocenters. The van der Waals surface area contributed by atoms with Gasteiger partial charge in [0.1, 0.15) is 0 Å². The standard InChI is InChI=1S/C23H25N3O/c1-16-3-4-22-20(13-16)21-14-18-15-24-6-5-19(18)17(2)23(21)26(22)8-7-25-9-11-27-12-10-25/h3-6,13-15H,7-12H2,1-2H3. The number of aromatic nitrogens is 2. The molecule has 5 rings (SSSR count). The highest BCUT2D eigenvalue weighted by molar-refractivity contribution is 6.14. The molecule has 0 atom stereocenters. The SMILES string of the molecule is Cc1ccc2c(c1)c1cc3cnccc3c(C)c1n2CCN1CCOCC1. The predicted molar refractivity (Wildman–Crippen MR) is 111 cm³/mol. The zero-order valence-corrected chi connectivity index (χ0v) is 16.0. The van der Waals surface area contributed by atoms with E-state index in [9.17, 15) is 0 Å². The molecule has 2 aromatic carbocycles. The average molecular weight is 359 g/mol. The molecular weight excluding hydrogens is 334 g/mol. The van der Waals surface area contributed by atoms with Gasteiger partial charge in [-0.3, -0.25) is 9.88 Å². The largest absolute Gasteiger partial charge is 0.379 e. The van der Waals surface area contributed by atoms with Gasteiger partial charge in [-0.05, 0) is 49.1 Å². The Labute approximate surface area is 159 Å². The molecule has 2 aromatic heterocycles. The van der Waals surface area contributed by atoms with E-state index >= 15 is 0 Å². The molecule has 0 amide bonds. The molecule has 0 spiro atoms. The van der Waals surface area contributed by atoms with Crippen LogP contribution in [0.4, 0.5) is 0 Å². The van der Waals surface area contributed by atoms with E-state index in [-0.39, 0.29) is 0 Å². The first-order chi connectivity index (χ1) is 13.2. The minimum absolute atomic E-state index is 0.850. The molecule has 27 heavy (non-hydrogen) atoms. The lowest BCUT2D eigenvalue weighted by atomic mass is 10.0. The maximum Gasteiger partial charge on any atom is 0.0594 e. The molecule has 1 fully saturated rings. The second-order valence-corrected chi connectivity index (χ2v) is 7.62. The smallest absolute Gasteiger partial charge is 0.0594 e. The third kappa shape index (κ3) is 2.80. The minimum atomic E-state index is 0.850. The Morgan fingerprint density at radius 2 is 1.81 bits per heavy atom. The molecular formula is C23H25N3O. The van der Waals surface area contributed by atoms with Crippen LogP contribution in [0.5, 0.6) is 0 Å². The Hall–Kier alpha value is -2.43. The summed E-state index contributed by atoms with van der Waals surface area (Å²) in [5, 5.41) is 5.20.